The second-order valence-electron chi connectivity index (χ2n) is 4.94. The summed E-state index contributed by atoms with van der Waals surface area (Å²) in [5, 5.41) is 4.48. The van der Waals surface area contributed by atoms with E-state index in [1.165, 1.54) is 0 Å². The molecule has 0 saturated heterocycles. The Labute approximate surface area is 151 Å². The minimum Gasteiger partial charge on any atom is -0.397 e. The molecule has 2 heterocycles. The number of anilines is 2. The number of nitrogen functional groups attached to an aromatic ring is 1. The van der Waals surface area contributed by atoms with Gasteiger partial charge in [-0.25, -0.2) is 9.97 Å². The number of nitrogens with two attached hydrogens (primary N) is 2. The number of amides is 1. The van der Waals surface area contributed by atoms with E-state index < -0.39 is 5.91 Å². The van der Waals surface area contributed by atoms with Crippen molar-refractivity contribution in [2.24, 2.45) is 5.73 Å². The molecule has 0 unspecified atom stereocenters. The third kappa shape index (κ3) is 2.86. The van der Waals surface area contributed by atoms with Crippen molar-refractivity contribution in [3.63, 3.8) is 0 Å². The van der Waals surface area contributed by atoms with Gasteiger partial charge in [0, 0.05) is 12.1 Å². The average molecular weight is 382 g/mol. The summed E-state index contributed by atoms with van der Waals surface area (Å²) in [4.78, 5) is 21.4. The highest BCUT2D eigenvalue weighted by atomic mass is 35.5. The van der Waals surface area contributed by atoms with Gasteiger partial charge in [-0.05, 0) is 19.1 Å². The van der Waals surface area contributed by atoms with Crippen molar-refractivity contribution < 1.29 is 4.79 Å². The first-order valence-corrected chi connectivity index (χ1v) is 8.58. The number of hydrogen-bond acceptors (Lipinski definition) is 6. The maximum absolute atomic E-state index is 11.6. The largest absolute Gasteiger partial charge is 0.397 e. The number of nitrogens with zero attached hydrogens (tertiary/aromatic N) is 2. The standard InChI is InChI=1S/C15H13Cl2N5OS/c1-2-20-15-21-11(6-3-4-7(16)8(17)5-6)9-10(18)12(13(19)23)24-14(9)22-15/h3-5H,2,18H2,1H3,(H2,19,23)(H,20,21,22). The quantitative estimate of drug-likeness (QED) is 0.637. The van der Waals surface area contributed by atoms with Crippen LogP contribution in [-0.4, -0.2) is 22.4 Å². The first-order valence-electron chi connectivity index (χ1n) is 7.01. The maximum atomic E-state index is 11.6. The number of carbonyl (C=O) groups is 1. The number of carbonyl (C=O) groups excluding carboxylic acids is 1. The maximum Gasteiger partial charge on any atom is 0.260 e. The molecule has 9 heteroatoms. The summed E-state index contributed by atoms with van der Waals surface area (Å²) in [5.74, 6) is -0.163. The zero-order valence-corrected chi connectivity index (χ0v) is 14.9. The lowest BCUT2D eigenvalue weighted by molar-refractivity contribution is 0.100. The van der Waals surface area contributed by atoms with Gasteiger partial charge in [-0.1, -0.05) is 29.3 Å². The number of nitrogens with one attached hydrogen (secondary N) is 1. The van der Waals surface area contributed by atoms with Crippen LogP contribution in [0.2, 0.25) is 10.0 Å². The summed E-state index contributed by atoms with van der Waals surface area (Å²) in [7, 11) is 0. The van der Waals surface area contributed by atoms with E-state index in [1.807, 2.05) is 6.92 Å². The van der Waals surface area contributed by atoms with Crippen molar-refractivity contribution in [3.05, 3.63) is 33.1 Å². The van der Waals surface area contributed by atoms with Gasteiger partial charge >= 0.3 is 0 Å². The van der Waals surface area contributed by atoms with Crippen molar-refractivity contribution in [1.82, 2.24) is 9.97 Å². The highest BCUT2D eigenvalue weighted by molar-refractivity contribution is 7.21. The summed E-state index contributed by atoms with van der Waals surface area (Å²) in [6, 6.07) is 5.16. The molecule has 0 aliphatic heterocycles. The number of hydrogen-bond donors (Lipinski definition) is 3. The topological polar surface area (TPSA) is 107 Å². The fourth-order valence-corrected chi connectivity index (χ4v) is 3.54. The highest BCUT2D eigenvalue weighted by Crippen LogP contribution is 2.40. The minimum atomic E-state index is -0.597. The Hall–Kier alpha value is -2.09. The predicted molar refractivity (Wildman–Crippen MR) is 100.0 cm³/mol. The average Bonchev–Trinajstić information content (AvgIpc) is 2.87. The monoisotopic (exact) mass is 381 g/mol. The lowest BCUT2D eigenvalue weighted by Gasteiger charge is -2.08. The fraction of sp³-hybridized carbons (Fsp3) is 0.133. The van der Waals surface area contributed by atoms with Gasteiger partial charge in [0.2, 0.25) is 5.95 Å². The van der Waals surface area contributed by atoms with Crippen LogP contribution in [0.4, 0.5) is 11.6 Å². The third-order valence-corrected chi connectivity index (χ3v) is 5.19. The van der Waals surface area contributed by atoms with E-state index in [9.17, 15) is 4.79 Å². The summed E-state index contributed by atoms with van der Waals surface area (Å²) >= 11 is 13.2. The van der Waals surface area contributed by atoms with Crippen LogP contribution in [0.1, 0.15) is 16.6 Å². The van der Waals surface area contributed by atoms with E-state index in [2.05, 4.69) is 15.3 Å². The van der Waals surface area contributed by atoms with Crippen LogP contribution in [0.3, 0.4) is 0 Å². The Morgan fingerprint density at radius 3 is 2.67 bits per heavy atom. The van der Waals surface area contributed by atoms with Crippen LogP contribution in [0.25, 0.3) is 21.5 Å². The first kappa shape index (κ1) is 16.8. The molecular weight excluding hydrogens is 369 g/mol. The second kappa shape index (κ2) is 6.43. The minimum absolute atomic E-state index is 0.259. The molecule has 0 aliphatic rings. The van der Waals surface area contributed by atoms with Crippen molar-refractivity contribution in [3.8, 4) is 11.3 Å². The van der Waals surface area contributed by atoms with Gasteiger partial charge in [-0.3, -0.25) is 4.79 Å². The molecule has 2 aromatic heterocycles. The number of fused-ring (bicyclic) bond motifs is 1. The Bertz CT molecular complexity index is 957. The Kier molecular flexibility index (Phi) is 4.49. The van der Waals surface area contributed by atoms with Crippen molar-refractivity contribution >= 4 is 62.3 Å². The number of halogens is 2. The van der Waals surface area contributed by atoms with E-state index >= 15 is 0 Å². The van der Waals surface area contributed by atoms with Gasteiger partial charge in [0.05, 0.1) is 26.8 Å². The SMILES string of the molecule is CCNc1nc(-c2ccc(Cl)c(Cl)c2)c2c(N)c(C(N)=O)sc2n1. The van der Waals surface area contributed by atoms with Crippen molar-refractivity contribution in [2.75, 3.05) is 17.6 Å². The molecule has 0 saturated carbocycles. The fourth-order valence-electron chi connectivity index (χ4n) is 2.29. The summed E-state index contributed by atoms with van der Waals surface area (Å²) in [5.41, 5.74) is 13.1. The lowest BCUT2D eigenvalue weighted by Crippen LogP contribution is -2.10. The molecule has 3 aromatic rings. The van der Waals surface area contributed by atoms with Crippen LogP contribution in [0.5, 0.6) is 0 Å². The third-order valence-electron chi connectivity index (χ3n) is 3.34. The zero-order valence-electron chi connectivity index (χ0n) is 12.6. The highest BCUT2D eigenvalue weighted by Gasteiger charge is 2.21. The van der Waals surface area contributed by atoms with E-state index in [4.69, 9.17) is 34.7 Å². The molecule has 0 spiro atoms. The molecule has 0 bridgehead atoms. The molecule has 0 radical (unpaired) electrons. The molecule has 0 aliphatic carbocycles. The summed E-state index contributed by atoms with van der Waals surface area (Å²) in [6.07, 6.45) is 0. The Balaban J connectivity index is 2.34. The number of thiophene rings is 1. The molecule has 1 amide bonds. The van der Waals surface area contributed by atoms with Gasteiger partial charge in [0.15, 0.2) is 0 Å². The van der Waals surface area contributed by atoms with E-state index in [1.54, 1.807) is 18.2 Å². The zero-order chi connectivity index (χ0) is 17.4. The van der Waals surface area contributed by atoms with Crippen LogP contribution < -0.4 is 16.8 Å². The van der Waals surface area contributed by atoms with E-state index in [-0.39, 0.29) is 10.6 Å². The van der Waals surface area contributed by atoms with Crippen LogP contribution in [0, 0.1) is 0 Å². The van der Waals surface area contributed by atoms with Crippen LogP contribution in [0.15, 0.2) is 18.2 Å². The Morgan fingerprint density at radius 1 is 1.29 bits per heavy atom. The van der Waals surface area contributed by atoms with Crippen LogP contribution in [-0.2, 0) is 0 Å². The molecular formula is C15H13Cl2N5OS. The molecule has 124 valence electrons. The first-order chi connectivity index (χ1) is 11.4. The molecule has 0 fully saturated rings. The van der Waals surface area contributed by atoms with Crippen LogP contribution >= 0.6 is 34.5 Å². The van der Waals surface area contributed by atoms with Crippen molar-refractivity contribution in [2.45, 2.75) is 6.92 Å². The number of aromatic nitrogens is 2. The number of rotatable bonds is 4. The van der Waals surface area contributed by atoms with Crippen molar-refractivity contribution in [1.29, 1.82) is 0 Å². The number of benzene rings is 1. The lowest BCUT2D eigenvalue weighted by atomic mass is 10.1. The van der Waals surface area contributed by atoms with Gasteiger partial charge in [0.1, 0.15) is 9.71 Å². The normalized spacial score (nSPS) is 11.0. The van der Waals surface area contributed by atoms with Gasteiger partial charge in [-0.2, -0.15) is 0 Å². The molecule has 6 nitrogen and oxygen atoms in total. The summed E-state index contributed by atoms with van der Waals surface area (Å²) < 4.78 is 0. The molecule has 1 aromatic carbocycles. The smallest absolute Gasteiger partial charge is 0.260 e. The predicted octanol–water partition coefficient (Wildman–Crippen LogP) is 3.78. The molecule has 3 rings (SSSR count). The number of primary amides is 1. The molecule has 5 N–H and O–H groups in total. The van der Waals surface area contributed by atoms with E-state index in [0.29, 0.717) is 38.4 Å². The van der Waals surface area contributed by atoms with E-state index in [0.717, 1.165) is 16.9 Å². The van der Waals surface area contributed by atoms with Gasteiger partial charge < -0.3 is 16.8 Å². The second-order valence-corrected chi connectivity index (χ2v) is 6.76. The summed E-state index contributed by atoms with van der Waals surface area (Å²) in [6.45, 7) is 2.58. The molecule has 24 heavy (non-hydrogen) atoms. The Morgan fingerprint density at radius 2 is 2.04 bits per heavy atom. The van der Waals surface area contributed by atoms with Gasteiger partial charge in [0.25, 0.3) is 5.91 Å². The molecule has 0 atom stereocenters. The van der Waals surface area contributed by atoms with Gasteiger partial charge in [-0.15, -0.1) is 11.3 Å².